The highest BCUT2D eigenvalue weighted by Gasteiger charge is 2.52. The third-order valence-corrected chi connectivity index (χ3v) is 4.23. The molecule has 0 aromatic heterocycles. The van der Waals surface area contributed by atoms with Crippen LogP contribution in [-0.4, -0.2) is 19.6 Å². The third kappa shape index (κ3) is 3.02. The summed E-state index contributed by atoms with van der Waals surface area (Å²) in [6, 6.07) is 15.2. The largest absolute Gasteiger partial charge is 0.496 e. The fraction of sp³-hybridized carbons (Fsp3) is 0.316. The summed E-state index contributed by atoms with van der Waals surface area (Å²) in [5, 5.41) is 3.01. The molecule has 1 N–H and O–H groups in total. The highest BCUT2D eigenvalue weighted by molar-refractivity contribution is 6.01. The molecule has 0 atom stereocenters. The van der Waals surface area contributed by atoms with Crippen molar-refractivity contribution in [2.24, 2.45) is 0 Å². The van der Waals surface area contributed by atoms with Crippen LogP contribution in [0, 0.1) is 0 Å². The van der Waals surface area contributed by atoms with Crippen LogP contribution in [0.25, 0.3) is 0 Å². The Bertz CT molecular complexity index is 690. The molecule has 23 heavy (non-hydrogen) atoms. The van der Waals surface area contributed by atoms with E-state index in [-0.39, 0.29) is 5.91 Å². The number of amides is 1. The number of para-hydroxylation sites is 1. The molecule has 0 bridgehead atoms. The Balaban J connectivity index is 1.77. The molecule has 0 saturated heterocycles. The molecule has 1 amide bonds. The minimum absolute atomic E-state index is 0.0196. The molecular formula is C19H21NO3. The second kappa shape index (κ2) is 6.32. The average molecular weight is 311 g/mol. The van der Waals surface area contributed by atoms with E-state index < -0.39 is 5.41 Å². The standard InChI is InChI=1S/C19H21NO3/c1-3-23-15-10-8-14(9-11-15)20-18(21)19(12-13-19)16-6-4-5-7-17(16)22-2/h4-11H,3,12-13H2,1-2H3,(H,20,21). The Morgan fingerprint density at radius 3 is 2.43 bits per heavy atom. The molecule has 2 aromatic rings. The first kappa shape index (κ1) is 15.4. The van der Waals surface area contributed by atoms with Gasteiger partial charge in [0.1, 0.15) is 11.5 Å². The summed E-state index contributed by atoms with van der Waals surface area (Å²) in [6.07, 6.45) is 1.69. The van der Waals surface area contributed by atoms with Gasteiger partial charge >= 0.3 is 0 Å². The second-order valence-electron chi connectivity index (χ2n) is 5.69. The van der Waals surface area contributed by atoms with E-state index in [0.717, 1.165) is 35.6 Å². The van der Waals surface area contributed by atoms with Gasteiger partial charge in [0.15, 0.2) is 0 Å². The molecule has 3 rings (SSSR count). The van der Waals surface area contributed by atoms with Crippen LogP contribution in [-0.2, 0) is 10.2 Å². The Kier molecular flexibility index (Phi) is 4.24. The van der Waals surface area contributed by atoms with Crippen molar-refractivity contribution < 1.29 is 14.3 Å². The summed E-state index contributed by atoms with van der Waals surface area (Å²) in [5.74, 6) is 1.59. The molecule has 0 unspecified atom stereocenters. The van der Waals surface area contributed by atoms with Gasteiger partial charge in [0, 0.05) is 11.3 Å². The van der Waals surface area contributed by atoms with Crippen molar-refractivity contribution in [1.29, 1.82) is 0 Å². The van der Waals surface area contributed by atoms with Gasteiger partial charge in [-0.2, -0.15) is 0 Å². The van der Waals surface area contributed by atoms with E-state index in [0.29, 0.717) is 6.61 Å². The Morgan fingerprint density at radius 1 is 1.13 bits per heavy atom. The molecule has 0 heterocycles. The van der Waals surface area contributed by atoms with E-state index in [1.165, 1.54) is 0 Å². The van der Waals surface area contributed by atoms with E-state index >= 15 is 0 Å². The van der Waals surface area contributed by atoms with Crippen molar-refractivity contribution in [1.82, 2.24) is 0 Å². The highest BCUT2D eigenvalue weighted by atomic mass is 16.5. The van der Waals surface area contributed by atoms with Gasteiger partial charge in [-0.25, -0.2) is 0 Å². The van der Waals surface area contributed by atoms with Gasteiger partial charge in [0.2, 0.25) is 5.91 Å². The van der Waals surface area contributed by atoms with Crippen LogP contribution in [0.1, 0.15) is 25.3 Å². The summed E-state index contributed by atoms with van der Waals surface area (Å²) in [6.45, 7) is 2.57. The van der Waals surface area contributed by atoms with Gasteiger partial charge < -0.3 is 14.8 Å². The van der Waals surface area contributed by atoms with Crippen molar-refractivity contribution >= 4 is 11.6 Å². The summed E-state index contributed by atoms with van der Waals surface area (Å²) in [7, 11) is 1.64. The number of anilines is 1. The van der Waals surface area contributed by atoms with Gasteiger partial charge in [0.05, 0.1) is 19.1 Å². The molecule has 1 fully saturated rings. The van der Waals surface area contributed by atoms with Gasteiger partial charge in [-0.1, -0.05) is 18.2 Å². The van der Waals surface area contributed by atoms with E-state index in [9.17, 15) is 4.79 Å². The van der Waals surface area contributed by atoms with Gasteiger partial charge in [-0.3, -0.25) is 4.79 Å². The first-order chi connectivity index (χ1) is 11.2. The van der Waals surface area contributed by atoms with Crippen molar-refractivity contribution in [3.63, 3.8) is 0 Å². The highest BCUT2D eigenvalue weighted by Crippen LogP contribution is 2.51. The lowest BCUT2D eigenvalue weighted by Gasteiger charge is -2.18. The van der Waals surface area contributed by atoms with Crippen molar-refractivity contribution in [2.75, 3.05) is 19.0 Å². The first-order valence-electron chi connectivity index (χ1n) is 7.87. The van der Waals surface area contributed by atoms with Crippen LogP contribution in [0.15, 0.2) is 48.5 Å². The second-order valence-corrected chi connectivity index (χ2v) is 5.69. The lowest BCUT2D eigenvalue weighted by Crippen LogP contribution is -2.28. The van der Waals surface area contributed by atoms with E-state index in [4.69, 9.17) is 9.47 Å². The molecule has 4 heteroatoms. The smallest absolute Gasteiger partial charge is 0.235 e. The average Bonchev–Trinajstić information content (AvgIpc) is 3.39. The van der Waals surface area contributed by atoms with Crippen molar-refractivity contribution in [3.05, 3.63) is 54.1 Å². The Labute approximate surface area is 136 Å². The number of nitrogens with one attached hydrogen (secondary N) is 1. The number of hydrogen-bond donors (Lipinski definition) is 1. The van der Waals surface area contributed by atoms with Crippen molar-refractivity contribution in [2.45, 2.75) is 25.2 Å². The quantitative estimate of drug-likeness (QED) is 0.883. The van der Waals surface area contributed by atoms with Crippen molar-refractivity contribution in [3.8, 4) is 11.5 Å². The van der Waals surface area contributed by atoms with Crippen LogP contribution in [0.3, 0.4) is 0 Å². The summed E-state index contributed by atoms with van der Waals surface area (Å²) in [5.41, 5.74) is 1.27. The molecule has 2 aromatic carbocycles. The zero-order valence-corrected chi connectivity index (χ0v) is 13.5. The number of benzene rings is 2. The molecule has 4 nitrogen and oxygen atoms in total. The number of carbonyl (C=O) groups is 1. The van der Waals surface area contributed by atoms with Gasteiger partial charge in [-0.15, -0.1) is 0 Å². The minimum Gasteiger partial charge on any atom is -0.496 e. The summed E-state index contributed by atoms with van der Waals surface area (Å²) < 4.78 is 10.8. The molecule has 1 saturated carbocycles. The maximum Gasteiger partial charge on any atom is 0.235 e. The molecular weight excluding hydrogens is 290 g/mol. The first-order valence-corrected chi connectivity index (χ1v) is 7.87. The van der Waals surface area contributed by atoms with Crippen LogP contribution < -0.4 is 14.8 Å². The SMILES string of the molecule is CCOc1ccc(NC(=O)C2(c3ccccc3OC)CC2)cc1. The number of carbonyl (C=O) groups excluding carboxylic acids is 1. The summed E-state index contributed by atoms with van der Waals surface area (Å²) >= 11 is 0. The predicted molar refractivity (Wildman–Crippen MR) is 90.1 cm³/mol. The van der Waals surface area contributed by atoms with E-state index in [2.05, 4.69) is 5.32 Å². The molecule has 0 aliphatic heterocycles. The molecule has 0 radical (unpaired) electrons. The fourth-order valence-corrected chi connectivity index (χ4v) is 2.84. The van der Waals surface area contributed by atoms with Crippen LogP contribution in [0.4, 0.5) is 5.69 Å². The van der Waals surface area contributed by atoms with Crippen LogP contribution >= 0.6 is 0 Å². The lowest BCUT2D eigenvalue weighted by molar-refractivity contribution is -0.118. The molecule has 1 aliphatic rings. The molecule has 120 valence electrons. The number of ether oxygens (including phenoxy) is 2. The Morgan fingerprint density at radius 2 is 1.83 bits per heavy atom. The topological polar surface area (TPSA) is 47.6 Å². The monoisotopic (exact) mass is 311 g/mol. The van der Waals surface area contributed by atoms with E-state index in [1.54, 1.807) is 7.11 Å². The normalized spacial score (nSPS) is 14.9. The maximum absolute atomic E-state index is 12.8. The van der Waals surface area contributed by atoms with E-state index in [1.807, 2.05) is 55.5 Å². The fourth-order valence-electron chi connectivity index (χ4n) is 2.84. The third-order valence-electron chi connectivity index (χ3n) is 4.23. The molecule has 0 spiro atoms. The lowest BCUT2D eigenvalue weighted by atomic mass is 9.94. The predicted octanol–water partition coefficient (Wildman–Crippen LogP) is 3.76. The maximum atomic E-state index is 12.8. The van der Waals surface area contributed by atoms with Crippen LogP contribution in [0.5, 0.6) is 11.5 Å². The van der Waals surface area contributed by atoms with Gasteiger partial charge in [-0.05, 0) is 50.1 Å². The number of methoxy groups -OCH3 is 1. The van der Waals surface area contributed by atoms with Crippen LogP contribution in [0.2, 0.25) is 0 Å². The minimum atomic E-state index is -0.467. The van der Waals surface area contributed by atoms with Gasteiger partial charge in [0.25, 0.3) is 0 Å². The number of rotatable bonds is 6. The zero-order chi connectivity index (χ0) is 16.3. The summed E-state index contributed by atoms with van der Waals surface area (Å²) in [4.78, 5) is 12.8. The Hall–Kier alpha value is -2.49. The number of hydrogen-bond acceptors (Lipinski definition) is 3. The zero-order valence-electron chi connectivity index (χ0n) is 13.5. The molecule has 1 aliphatic carbocycles.